The molecule has 1 heterocycles. The van der Waals surface area contributed by atoms with E-state index in [0.717, 1.165) is 0 Å². The van der Waals surface area contributed by atoms with Crippen molar-refractivity contribution in [3.05, 3.63) is 0 Å². The molecule has 1 saturated heterocycles. The molecule has 0 amide bonds. The quantitative estimate of drug-likeness (QED) is 0.534. The maximum absolute atomic E-state index is 10.7. The second-order valence-corrected chi connectivity index (χ2v) is 3.51. The predicted octanol–water partition coefficient (Wildman–Crippen LogP) is -0.567. The van der Waals surface area contributed by atoms with Crippen molar-refractivity contribution >= 4 is 5.97 Å². The van der Waals surface area contributed by atoms with E-state index < -0.39 is 11.5 Å². The van der Waals surface area contributed by atoms with Gasteiger partial charge in [-0.15, -0.1) is 0 Å². The van der Waals surface area contributed by atoms with Crippen LogP contribution in [0.2, 0.25) is 0 Å². The van der Waals surface area contributed by atoms with Gasteiger partial charge in [-0.05, 0) is 5.92 Å². The van der Waals surface area contributed by atoms with Gasteiger partial charge < -0.3 is 15.6 Å². The third-order valence-electron chi connectivity index (χ3n) is 2.81. The zero-order valence-electron chi connectivity index (χ0n) is 6.28. The first-order chi connectivity index (χ1) is 5.07. The molecule has 4 atom stereocenters. The topological polar surface area (TPSA) is 72.5 Å². The summed E-state index contributed by atoms with van der Waals surface area (Å²) >= 11 is 0. The second-order valence-electron chi connectivity index (χ2n) is 3.51. The van der Waals surface area contributed by atoms with Crippen molar-refractivity contribution in [2.45, 2.75) is 18.6 Å². The lowest BCUT2D eigenvalue weighted by molar-refractivity contribution is -0.144. The molecule has 4 heteroatoms. The Hall–Kier alpha value is -0.610. The van der Waals surface area contributed by atoms with Crippen molar-refractivity contribution in [3.8, 4) is 0 Å². The van der Waals surface area contributed by atoms with Crippen LogP contribution in [0.5, 0.6) is 0 Å². The van der Waals surface area contributed by atoms with E-state index in [-0.39, 0.29) is 18.6 Å². The van der Waals surface area contributed by atoms with Gasteiger partial charge in [0, 0.05) is 5.92 Å². The van der Waals surface area contributed by atoms with Crippen LogP contribution in [-0.4, -0.2) is 29.3 Å². The zero-order chi connectivity index (χ0) is 8.22. The Labute approximate surface area is 64.3 Å². The van der Waals surface area contributed by atoms with E-state index in [9.17, 15) is 4.79 Å². The first-order valence-electron chi connectivity index (χ1n) is 3.71. The van der Waals surface area contributed by atoms with Crippen molar-refractivity contribution in [1.82, 2.24) is 0 Å². The first kappa shape index (κ1) is 7.06. The van der Waals surface area contributed by atoms with Crippen LogP contribution >= 0.6 is 0 Å². The van der Waals surface area contributed by atoms with Gasteiger partial charge in [0.25, 0.3) is 0 Å². The predicted molar refractivity (Wildman–Crippen MR) is 36.9 cm³/mol. The first-order valence-corrected chi connectivity index (χ1v) is 3.71. The van der Waals surface area contributed by atoms with Crippen LogP contribution in [0.15, 0.2) is 0 Å². The summed E-state index contributed by atoms with van der Waals surface area (Å²) in [7, 11) is 0. The molecule has 0 aromatic rings. The Morgan fingerprint density at radius 1 is 1.82 bits per heavy atom. The highest BCUT2D eigenvalue weighted by Gasteiger charge is 2.67. The molecule has 0 unspecified atom stereocenters. The normalized spacial score (nSPS) is 53.8. The summed E-state index contributed by atoms with van der Waals surface area (Å²) < 4.78 is 5.21. The Balaban J connectivity index is 2.22. The molecular weight excluding hydrogens is 146 g/mol. The number of carbonyl (C=O) groups is 1. The van der Waals surface area contributed by atoms with Crippen LogP contribution in [0.3, 0.4) is 0 Å². The largest absolute Gasteiger partial charge is 0.480 e. The highest BCUT2D eigenvalue weighted by Crippen LogP contribution is 2.52. The maximum atomic E-state index is 10.7. The molecule has 0 aromatic heterocycles. The molecule has 2 aliphatic rings. The second kappa shape index (κ2) is 1.76. The third-order valence-corrected chi connectivity index (χ3v) is 2.81. The lowest BCUT2D eigenvalue weighted by atomic mass is 9.96. The number of ether oxygens (including phenoxy) is 1. The van der Waals surface area contributed by atoms with Crippen molar-refractivity contribution in [2.24, 2.45) is 17.6 Å². The van der Waals surface area contributed by atoms with Gasteiger partial charge >= 0.3 is 5.97 Å². The molecule has 62 valence electrons. The number of hydrogen-bond acceptors (Lipinski definition) is 3. The number of fused-ring (bicyclic) bond motifs is 1. The van der Waals surface area contributed by atoms with Crippen LogP contribution < -0.4 is 5.73 Å². The van der Waals surface area contributed by atoms with Crippen molar-refractivity contribution in [2.75, 3.05) is 6.61 Å². The summed E-state index contributed by atoms with van der Waals surface area (Å²) in [6, 6.07) is 0. The van der Waals surface area contributed by atoms with E-state index in [1.165, 1.54) is 0 Å². The standard InChI is InChI=1S/C7H11NO3/c1-3-4-5(3)11-2-7(4,8)6(9)10/h3-5H,2,8H2,1H3,(H,9,10)/t3-,4-,5+,7+/m1/s1. The van der Waals surface area contributed by atoms with Gasteiger partial charge in [0.1, 0.15) is 5.54 Å². The molecule has 1 aliphatic carbocycles. The summed E-state index contributed by atoms with van der Waals surface area (Å²) in [4.78, 5) is 10.7. The van der Waals surface area contributed by atoms with Gasteiger partial charge in [-0.2, -0.15) is 0 Å². The third kappa shape index (κ3) is 0.684. The minimum Gasteiger partial charge on any atom is -0.480 e. The van der Waals surface area contributed by atoms with Gasteiger partial charge in [-0.25, -0.2) is 0 Å². The average molecular weight is 157 g/mol. The smallest absolute Gasteiger partial charge is 0.326 e. The van der Waals surface area contributed by atoms with Crippen LogP contribution in [0.25, 0.3) is 0 Å². The summed E-state index contributed by atoms with van der Waals surface area (Å²) in [5.74, 6) is -0.570. The number of carboxylic acid groups (broad SMARTS) is 1. The van der Waals surface area contributed by atoms with Crippen LogP contribution in [0.4, 0.5) is 0 Å². The Kier molecular flexibility index (Phi) is 1.13. The zero-order valence-corrected chi connectivity index (χ0v) is 6.28. The monoisotopic (exact) mass is 157 g/mol. The lowest BCUT2D eigenvalue weighted by Gasteiger charge is -2.19. The molecule has 2 fully saturated rings. The SMILES string of the molecule is C[C@H]1[C@@H]2OC[C@@](N)(C(=O)O)[C@H]12. The molecular formula is C7H11NO3. The fraction of sp³-hybridized carbons (Fsp3) is 0.857. The number of rotatable bonds is 1. The van der Waals surface area contributed by atoms with Gasteiger partial charge in [-0.1, -0.05) is 6.92 Å². The van der Waals surface area contributed by atoms with E-state index in [1.807, 2.05) is 6.92 Å². The van der Waals surface area contributed by atoms with Crippen molar-refractivity contribution in [3.63, 3.8) is 0 Å². The van der Waals surface area contributed by atoms with Gasteiger partial charge in [0.2, 0.25) is 0 Å². The fourth-order valence-corrected chi connectivity index (χ4v) is 1.98. The molecule has 0 radical (unpaired) electrons. The van der Waals surface area contributed by atoms with E-state index in [2.05, 4.69) is 0 Å². The maximum Gasteiger partial charge on any atom is 0.326 e. The number of hydrogen-bond donors (Lipinski definition) is 2. The molecule has 1 saturated carbocycles. The molecule has 0 bridgehead atoms. The molecule has 4 nitrogen and oxygen atoms in total. The summed E-state index contributed by atoms with van der Waals surface area (Å²) in [5, 5.41) is 8.78. The van der Waals surface area contributed by atoms with Crippen LogP contribution in [-0.2, 0) is 9.53 Å². The molecule has 11 heavy (non-hydrogen) atoms. The summed E-state index contributed by atoms with van der Waals surface area (Å²) in [5.41, 5.74) is 4.55. The molecule has 0 aromatic carbocycles. The molecule has 1 aliphatic heterocycles. The fourth-order valence-electron chi connectivity index (χ4n) is 1.98. The Morgan fingerprint density at radius 3 is 2.73 bits per heavy atom. The van der Waals surface area contributed by atoms with Crippen LogP contribution in [0.1, 0.15) is 6.92 Å². The van der Waals surface area contributed by atoms with Gasteiger partial charge in [0.15, 0.2) is 0 Å². The summed E-state index contributed by atoms with van der Waals surface area (Å²) in [6.07, 6.45) is 0.107. The van der Waals surface area contributed by atoms with Crippen LogP contribution in [0, 0.1) is 11.8 Å². The number of nitrogens with two attached hydrogens (primary N) is 1. The summed E-state index contributed by atoms with van der Waals surface area (Å²) in [6.45, 7) is 2.14. The molecule has 3 N–H and O–H groups in total. The van der Waals surface area contributed by atoms with E-state index >= 15 is 0 Å². The van der Waals surface area contributed by atoms with E-state index in [0.29, 0.717) is 5.92 Å². The van der Waals surface area contributed by atoms with Gasteiger partial charge in [-0.3, -0.25) is 4.79 Å². The molecule has 2 rings (SSSR count). The lowest BCUT2D eigenvalue weighted by Crippen LogP contribution is -2.52. The van der Waals surface area contributed by atoms with Crippen molar-refractivity contribution in [1.29, 1.82) is 0 Å². The Bertz CT molecular complexity index is 218. The van der Waals surface area contributed by atoms with Crippen molar-refractivity contribution < 1.29 is 14.6 Å². The molecule has 0 spiro atoms. The highest BCUT2D eigenvalue weighted by atomic mass is 16.5. The van der Waals surface area contributed by atoms with E-state index in [1.54, 1.807) is 0 Å². The number of aliphatic carboxylic acids is 1. The minimum atomic E-state index is -1.11. The Morgan fingerprint density at radius 2 is 2.45 bits per heavy atom. The average Bonchev–Trinajstić information content (AvgIpc) is 2.38. The van der Waals surface area contributed by atoms with E-state index in [4.69, 9.17) is 15.6 Å². The number of carboxylic acids is 1. The van der Waals surface area contributed by atoms with Gasteiger partial charge in [0.05, 0.1) is 12.7 Å². The highest BCUT2D eigenvalue weighted by molar-refractivity contribution is 5.80. The minimum absolute atomic E-state index is 0.0417.